The molecule has 0 aliphatic rings. The number of aromatic nitrogens is 3. The lowest BCUT2D eigenvalue weighted by Crippen LogP contribution is -2.25. The molecule has 4 aromatic rings. The number of carbonyl (C=O) groups is 1. The monoisotopic (exact) mass is 442 g/mol. The van der Waals surface area contributed by atoms with Gasteiger partial charge in [0.1, 0.15) is 12.4 Å². The molecule has 0 aliphatic heterocycles. The fourth-order valence-corrected chi connectivity index (χ4v) is 3.64. The summed E-state index contributed by atoms with van der Waals surface area (Å²) in [6.07, 6.45) is 5.80. The molecule has 1 N–H and O–H groups in total. The van der Waals surface area contributed by atoms with Gasteiger partial charge in [0.15, 0.2) is 11.5 Å². The second-order valence-corrected chi connectivity index (χ2v) is 7.42. The predicted molar refractivity (Wildman–Crippen MR) is 128 cm³/mol. The number of nitrogens with one attached hydrogen (secondary N) is 1. The average Bonchev–Trinajstić information content (AvgIpc) is 3.21. The maximum atomic E-state index is 12.5. The molecule has 168 valence electrons. The Labute approximate surface area is 192 Å². The van der Waals surface area contributed by atoms with Gasteiger partial charge < -0.3 is 19.4 Å². The van der Waals surface area contributed by atoms with Crippen LogP contribution in [-0.2, 0) is 19.5 Å². The van der Waals surface area contributed by atoms with E-state index in [2.05, 4.69) is 21.4 Å². The van der Waals surface area contributed by atoms with Gasteiger partial charge in [-0.15, -0.1) is 6.58 Å². The molecule has 1 amide bonds. The van der Waals surface area contributed by atoms with E-state index in [1.165, 1.54) is 0 Å². The van der Waals surface area contributed by atoms with Crippen LogP contribution in [0.25, 0.3) is 11.0 Å². The van der Waals surface area contributed by atoms with Crippen molar-refractivity contribution in [3.05, 3.63) is 96.6 Å². The molecule has 2 aromatic heterocycles. The summed E-state index contributed by atoms with van der Waals surface area (Å²) in [5, 5.41) is 2.93. The molecule has 7 heteroatoms. The van der Waals surface area contributed by atoms with Crippen LogP contribution in [0.1, 0.15) is 21.7 Å². The minimum atomic E-state index is -0.192. The first kappa shape index (κ1) is 22.1. The number of carbonyl (C=O) groups excluding carboxylic acids is 1. The van der Waals surface area contributed by atoms with Crippen LogP contribution >= 0.6 is 0 Å². The number of rotatable bonds is 10. The molecular weight excluding hydrogens is 416 g/mol. The smallest absolute Gasteiger partial charge is 0.253 e. The second kappa shape index (κ2) is 10.5. The lowest BCUT2D eigenvalue weighted by atomic mass is 10.1. The van der Waals surface area contributed by atoms with Gasteiger partial charge in [-0.05, 0) is 48.4 Å². The van der Waals surface area contributed by atoms with E-state index in [4.69, 9.17) is 14.5 Å². The first-order valence-electron chi connectivity index (χ1n) is 10.7. The highest BCUT2D eigenvalue weighted by Crippen LogP contribution is 2.28. The average molecular weight is 443 g/mol. The molecule has 7 nitrogen and oxygen atoms in total. The third kappa shape index (κ3) is 5.20. The van der Waals surface area contributed by atoms with E-state index in [1.54, 1.807) is 31.6 Å². The van der Waals surface area contributed by atoms with Crippen LogP contribution < -0.4 is 14.8 Å². The predicted octanol–water partition coefficient (Wildman–Crippen LogP) is 4.18. The molecule has 0 fully saturated rings. The fraction of sp³-hybridized carbons (Fsp3) is 0.192. The van der Waals surface area contributed by atoms with Gasteiger partial charge in [-0.2, -0.15) is 0 Å². The fourth-order valence-electron chi connectivity index (χ4n) is 3.64. The maximum Gasteiger partial charge on any atom is 0.253 e. The Hall–Kier alpha value is -4.13. The van der Waals surface area contributed by atoms with Crippen LogP contribution in [0.4, 0.5) is 0 Å². The highest BCUT2D eigenvalue weighted by molar-refractivity contribution is 5.93. The zero-order valence-electron chi connectivity index (χ0n) is 18.5. The number of fused-ring (bicyclic) bond motifs is 1. The van der Waals surface area contributed by atoms with E-state index in [-0.39, 0.29) is 5.91 Å². The van der Waals surface area contributed by atoms with Gasteiger partial charge in [-0.3, -0.25) is 9.78 Å². The molecule has 0 aliphatic carbocycles. The van der Waals surface area contributed by atoms with Crippen molar-refractivity contribution in [3.63, 3.8) is 0 Å². The number of ether oxygens (including phenoxy) is 2. The van der Waals surface area contributed by atoms with Crippen molar-refractivity contribution in [1.29, 1.82) is 0 Å². The van der Waals surface area contributed by atoms with Crippen molar-refractivity contribution in [2.24, 2.45) is 0 Å². The summed E-state index contributed by atoms with van der Waals surface area (Å²) < 4.78 is 13.6. The molecule has 0 unspecified atom stereocenters. The van der Waals surface area contributed by atoms with Gasteiger partial charge in [-0.25, -0.2) is 4.98 Å². The lowest BCUT2D eigenvalue weighted by molar-refractivity contribution is 0.0949. The van der Waals surface area contributed by atoms with Crippen LogP contribution in [-0.4, -0.2) is 34.2 Å². The normalized spacial score (nSPS) is 10.7. The summed E-state index contributed by atoms with van der Waals surface area (Å²) in [4.78, 5) is 21.2. The minimum absolute atomic E-state index is 0.192. The Morgan fingerprint density at radius 2 is 2.03 bits per heavy atom. The van der Waals surface area contributed by atoms with Gasteiger partial charge in [0.05, 0.1) is 36.8 Å². The molecule has 4 rings (SSSR count). The summed E-state index contributed by atoms with van der Waals surface area (Å²) >= 11 is 0. The number of hydrogen-bond acceptors (Lipinski definition) is 5. The first-order chi connectivity index (χ1) is 16.2. The number of para-hydroxylation sites is 2. The molecule has 33 heavy (non-hydrogen) atoms. The van der Waals surface area contributed by atoms with Crippen molar-refractivity contribution >= 4 is 16.9 Å². The Kier molecular flexibility index (Phi) is 6.99. The van der Waals surface area contributed by atoms with Crippen molar-refractivity contribution in [2.75, 3.05) is 13.7 Å². The highest BCUT2D eigenvalue weighted by Gasteiger charge is 2.13. The number of hydrogen-bond donors (Lipinski definition) is 1. The zero-order valence-corrected chi connectivity index (χ0v) is 18.5. The van der Waals surface area contributed by atoms with Gasteiger partial charge >= 0.3 is 0 Å². The van der Waals surface area contributed by atoms with Gasteiger partial charge in [-0.1, -0.05) is 24.3 Å². The Bertz CT molecular complexity index is 1250. The highest BCUT2D eigenvalue weighted by atomic mass is 16.5. The molecule has 2 aromatic carbocycles. The number of nitrogens with zero attached hydrogens (tertiary/aromatic N) is 3. The largest absolute Gasteiger partial charge is 0.493 e. The molecule has 0 saturated heterocycles. The number of benzene rings is 2. The summed E-state index contributed by atoms with van der Waals surface area (Å²) in [6, 6.07) is 17.2. The van der Waals surface area contributed by atoms with Gasteiger partial charge in [0.2, 0.25) is 0 Å². The summed E-state index contributed by atoms with van der Waals surface area (Å²) in [5.74, 6) is 1.93. The SMILES string of the molecule is C=CCc1ccc(OCCn2c(CNC(=O)c3cccnc3)nc3ccccc32)c(OC)c1. The molecule has 0 radical (unpaired) electrons. The number of allylic oxidation sites excluding steroid dienone is 1. The lowest BCUT2D eigenvalue weighted by Gasteiger charge is -2.14. The van der Waals surface area contributed by atoms with E-state index in [1.807, 2.05) is 48.5 Å². The van der Waals surface area contributed by atoms with Gasteiger partial charge in [0, 0.05) is 12.4 Å². The number of imidazole rings is 1. The van der Waals surface area contributed by atoms with Crippen molar-refractivity contribution in [3.8, 4) is 11.5 Å². The number of pyridine rings is 1. The maximum absolute atomic E-state index is 12.5. The summed E-state index contributed by atoms with van der Waals surface area (Å²) in [6.45, 7) is 5.06. The first-order valence-corrected chi connectivity index (χ1v) is 10.7. The molecule has 0 bridgehead atoms. The zero-order chi connectivity index (χ0) is 23.0. The van der Waals surface area contributed by atoms with E-state index >= 15 is 0 Å². The van der Waals surface area contributed by atoms with E-state index in [0.29, 0.717) is 36.8 Å². The van der Waals surface area contributed by atoms with Crippen molar-refractivity contribution in [1.82, 2.24) is 19.9 Å². The Morgan fingerprint density at radius 1 is 1.15 bits per heavy atom. The third-order valence-corrected chi connectivity index (χ3v) is 5.24. The van der Waals surface area contributed by atoms with Crippen LogP contribution in [0.2, 0.25) is 0 Å². The topological polar surface area (TPSA) is 78.3 Å². The second-order valence-electron chi connectivity index (χ2n) is 7.42. The molecule has 0 spiro atoms. The van der Waals surface area contributed by atoms with Crippen molar-refractivity contribution < 1.29 is 14.3 Å². The molecule has 0 saturated carbocycles. The minimum Gasteiger partial charge on any atom is -0.493 e. The van der Waals surface area contributed by atoms with Gasteiger partial charge in [0.25, 0.3) is 5.91 Å². The van der Waals surface area contributed by atoms with E-state index in [0.717, 1.165) is 28.8 Å². The Morgan fingerprint density at radius 3 is 2.82 bits per heavy atom. The standard InChI is InChI=1S/C26H26N4O3/c1-3-7-19-11-12-23(24(16-19)32-2)33-15-14-30-22-10-5-4-9-21(22)29-25(30)18-28-26(31)20-8-6-13-27-17-20/h3-6,8-13,16-17H,1,7,14-15,18H2,2H3,(H,28,31). The van der Waals surface area contributed by atoms with E-state index < -0.39 is 0 Å². The van der Waals surface area contributed by atoms with Crippen LogP contribution in [0.15, 0.2) is 79.6 Å². The van der Waals surface area contributed by atoms with Crippen molar-refractivity contribution in [2.45, 2.75) is 19.5 Å². The van der Waals surface area contributed by atoms with Crippen LogP contribution in [0.3, 0.4) is 0 Å². The molecular formula is C26H26N4O3. The quantitative estimate of drug-likeness (QED) is 0.373. The number of methoxy groups -OCH3 is 1. The van der Waals surface area contributed by atoms with Crippen LogP contribution in [0.5, 0.6) is 11.5 Å². The Balaban J connectivity index is 1.48. The molecule has 0 atom stereocenters. The number of amides is 1. The third-order valence-electron chi connectivity index (χ3n) is 5.24. The molecule has 2 heterocycles. The van der Waals surface area contributed by atoms with Crippen LogP contribution in [0, 0.1) is 0 Å². The summed E-state index contributed by atoms with van der Waals surface area (Å²) in [5.41, 5.74) is 3.48. The summed E-state index contributed by atoms with van der Waals surface area (Å²) in [7, 11) is 1.63. The van der Waals surface area contributed by atoms with E-state index in [9.17, 15) is 4.79 Å².